The minimum atomic E-state index is -0.404. The Balaban J connectivity index is 1.02. The molecule has 64 heavy (non-hydrogen) atoms. The van der Waals surface area contributed by atoms with Crippen LogP contribution in [0, 0.1) is 6.92 Å². The Hall–Kier alpha value is -8.20. The molecule has 300 valence electrons. The van der Waals surface area contributed by atoms with Gasteiger partial charge in [-0.3, -0.25) is 0 Å². The molecular formula is C62H42N2. The van der Waals surface area contributed by atoms with E-state index in [1.165, 1.54) is 105 Å². The summed E-state index contributed by atoms with van der Waals surface area (Å²) in [6, 6.07) is 78.4. The smallest absolute Gasteiger partial charge is 0.0726 e. The molecular weight excluding hydrogens is 773 g/mol. The van der Waals surface area contributed by atoms with E-state index in [1.54, 1.807) is 0 Å². The van der Waals surface area contributed by atoms with Crippen molar-refractivity contribution in [3.05, 3.63) is 264 Å². The van der Waals surface area contributed by atoms with Crippen LogP contribution in [0.5, 0.6) is 0 Å². The van der Waals surface area contributed by atoms with Crippen LogP contribution in [0.15, 0.2) is 225 Å². The summed E-state index contributed by atoms with van der Waals surface area (Å²) in [6.07, 6.45) is 4.28. The van der Waals surface area contributed by atoms with Gasteiger partial charge in [-0.2, -0.15) is 0 Å². The van der Waals surface area contributed by atoms with Crippen molar-refractivity contribution in [2.45, 2.75) is 12.3 Å². The second-order valence-electron chi connectivity index (χ2n) is 17.2. The monoisotopic (exact) mass is 814 g/mol. The van der Waals surface area contributed by atoms with Gasteiger partial charge < -0.3 is 9.13 Å². The van der Waals surface area contributed by atoms with Crippen LogP contribution in [-0.4, -0.2) is 9.13 Å². The van der Waals surface area contributed by atoms with Gasteiger partial charge in [0.2, 0.25) is 0 Å². The van der Waals surface area contributed by atoms with Gasteiger partial charge in [0.25, 0.3) is 0 Å². The lowest BCUT2D eigenvalue weighted by Crippen LogP contribution is -2.25. The number of para-hydroxylation sites is 2. The lowest BCUT2D eigenvalue weighted by atomic mass is 9.70. The highest BCUT2D eigenvalue weighted by Crippen LogP contribution is 2.63. The van der Waals surface area contributed by atoms with Crippen molar-refractivity contribution in [3.63, 3.8) is 0 Å². The standard InChI is InChI=1S/C62H42N2/c1-3-41(42-19-6-4-7-20-42)37-50-40(2)63(45-21-8-5-9-22-45)58-35-33-44(39-52(50)58)43-34-36-59-51(38-43)48-25-13-17-31-57(48)64(59)60-32-18-30-56-61(60)49-26-12-16-29-55(49)62(56)53-27-14-10-23-46(53)47-24-11-15-28-54(47)62/h3-39H,1H2,2H3/b41-37+. The zero-order chi connectivity index (χ0) is 42.5. The third-order valence-corrected chi connectivity index (χ3v) is 14.1. The summed E-state index contributed by atoms with van der Waals surface area (Å²) in [5.41, 5.74) is 23.2. The van der Waals surface area contributed by atoms with Gasteiger partial charge in [0, 0.05) is 38.7 Å². The van der Waals surface area contributed by atoms with Crippen LogP contribution in [-0.2, 0) is 5.41 Å². The van der Waals surface area contributed by atoms with Gasteiger partial charge in [0.15, 0.2) is 0 Å². The molecule has 0 atom stereocenters. The molecule has 13 rings (SSSR count). The topological polar surface area (TPSA) is 9.86 Å². The molecule has 0 bridgehead atoms. The maximum absolute atomic E-state index is 4.24. The number of hydrogen-bond acceptors (Lipinski definition) is 0. The first kappa shape index (κ1) is 36.5. The lowest BCUT2D eigenvalue weighted by Gasteiger charge is -2.30. The van der Waals surface area contributed by atoms with Gasteiger partial charge in [-0.1, -0.05) is 176 Å². The molecule has 2 aliphatic rings. The summed E-state index contributed by atoms with van der Waals surface area (Å²) < 4.78 is 4.91. The molecule has 0 aliphatic heterocycles. The minimum absolute atomic E-state index is 0.404. The van der Waals surface area contributed by atoms with E-state index in [0.717, 1.165) is 16.8 Å². The molecule has 9 aromatic carbocycles. The molecule has 0 unspecified atom stereocenters. The number of aromatic nitrogens is 2. The van der Waals surface area contributed by atoms with Gasteiger partial charge in [-0.05, 0) is 123 Å². The molecule has 0 amide bonds. The van der Waals surface area contributed by atoms with E-state index in [-0.39, 0.29) is 0 Å². The molecule has 0 N–H and O–H groups in total. The fourth-order valence-electron chi connectivity index (χ4n) is 11.5. The Morgan fingerprint density at radius 2 is 0.984 bits per heavy atom. The van der Waals surface area contributed by atoms with Crippen LogP contribution >= 0.6 is 0 Å². The highest BCUT2D eigenvalue weighted by atomic mass is 15.0. The Kier molecular flexibility index (Phi) is 7.92. The molecule has 0 fully saturated rings. The molecule has 11 aromatic rings. The van der Waals surface area contributed by atoms with Gasteiger partial charge in [-0.15, -0.1) is 0 Å². The molecule has 2 nitrogen and oxygen atoms in total. The lowest BCUT2D eigenvalue weighted by molar-refractivity contribution is 0.793. The average Bonchev–Trinajstić information content (AvgIpc) is 4.04. The van der Waals surface area contributed by atoms with Crippen LogP contribution in [0.2, 0.25) is 0 Å². The molecule has 0 radical (unpaired) electrons. The molecule has 2 aliphatic carbocycles. The van der Waals surface area contributed by atoms with Gasteiger partial charge in [0.1, 0.15) is 0 Å². The van der Waals surface area contributed by atoms with Crippen LogP contribution < -0.4 is 0 Å². The van der Waals surface area contributed by atoms with E-state index in [9.17, 15) is 0 Å². The normalized spacial score (nSPS) is 13.4. The minimum Gasteiger partial charge on any atom is -0.313 e. The number of fused-ring (bicyclic) bond motifs is 14. The zero-order valence-electron chi connectivity index (χ0n) is 35.5. The van der Waals surface area contributed by atoms with Crippen LogP contribution in [0.3, 0.4) is 0 Å². The Morgan fingerprint density at radius 1 is 0.453 bits per heavy atom. The summed E-state index contributed by atoms with van der Waals surface area (Å²) in [5.74, 6) is 0. The number of benzene rings is 9. The van der Waals surface area contributed by atoms with Crippen molar-refractivity contribution >= 4 is 44.4 Å². The fourth-order valence-corrected chi connectivity index (χ4v) is 11.5. The van der Waals surface area contributed by atoms with Crippen molar-refractivity contribution in [3.8, 4) is 44.8 Å². The number of allylic oxidation sites excluding steroid dienone is 2. The van der Waals surface area contributed by atoms with Gasteiger partial charge >= 0.3 is 0 Å². The molecule has 2 aromatic heterocycles. The predicted octanol–water partition coefficient (Wildman–Crippen LogP) is 15.8. The van der Waals surface area contributed by atoms with E-state index in [2.05, 4.69) is 241 Å². The van der Waals surface area contributed by atoms with Gasteiger partial charge in [0.05, 0.1) is 27.7 Å². The highest BCUT2D eigenvalue weighted by Gasteiger charge is 2.52. The average molecular weight is 815 g/mol. The molecule has 0 saturated carbocycles. The summed E-state index contributed by atoms with van der Waals surface area (Å²) in [6.45, 7) is 6.47. The summed E-state index contributed by atoms with van der Waals surface area (Å²) >= 11 is 0. The largest absolute Gasteiger partial charge is 0.313 e. The van der Waals surface area contributed by atoms with Crippen molar-refractivity contribution in [1.29, 1.82) is 0 Å². The van der Waals surface area contributed by atoms with E-state index < -0.39 is 5.41 Å². The first-order valence-corrected chi connectivity index (χ1v) is 22.2. The van der Waals surface area contributed by atoms with Crippen LogP contribution in [0.4, 0.5) is 0 Å². The SMILES string of the molecule is C=C/C(=C\c1c(C)n(-c2ccccc2)c2ccc(-c3ccc4c(c3)c3ccccc3n4-c3cccc4c3-c3ccccc3C43c4ccccc4-c4ccccc43)cc12)c1ccccc1. The van der Waals surface area contributed by atoms with E-state index >= 15 is 0 Å². The molecule has 2 heteroatoms. The maximum Gasteiger partial charge on any atom is 0.0726 e. The summed E-state index contributed by atoms with van der Waals surface area (Å²) in [4.78, 5) is 0. The molecule has 1 spiro atoms. The van der Waals surface area contributed by atoms with E-state index in [1.807, 2.05) is 6.08 Å². The van der Waals surface area contributed by atoms with Crippen molar-refractivity contribution in [2.24, 2.45) is 0 Å². The quantitative estimate of drug-likeness (QED) is 0.148. The Labute approximate surface area is 373 Å². The number of hydrogen-bond donors (Lipinski definition) is 0. The summed E-state index contributed by atoms with van der Waals surface area (Å²) in [5, 5.41) is 3.68. The fraction of sp³-hybridized carbons (Fsp3) is 0.0323. The number of nitrogens with zero attached hydrogens (tertiary/aromatic N) is 2. The van der Waals surface area contributed by atoms with E-state index in [0.29, 0.717) is 0 Å². The van der Waals surface area contributed by atoms with Crippen LogP contribution in [0.25, 0.3) is 89.1 Å². The van der Waals surface area contributed by atoms with E-state index in [4.69, 9.17) is 0 Å². The van der Waals surface area contributed by atoms with Gasteiger partial charge in [-0.25, -0.2) is 0 Å². The first-order valence-electron chi connectivity index (χ1n) is 22.2. The zero-order valence-corrected chi connectivity index (χ0v) is 35.5. The van der Waals surface area contributed by atoms with Crippen molar-refractivity contribution in [2.75, 3.05) is 0 Å². The highest BCUT2D eigenvalue weighted by molar-refractivity contribution is 6.12. The van der Waals surface area contributed by atoms with Crippen LogP contribution in [0.1, 0.15) is 39.1 Å². The Bertz CT molecular complexity index is 3700. The number of rotatable bonds is 6. The predicted molar refractivity (Wildman–Crippen MR) is 269 cm³/mol. The molecule has 0 saturated heterocycles. The van der Waals surface area contributed by atoms with Crippen molar-refractivity contribution in [1.82, 2.24) is 9.13 Å². The second-order valence-corrected chi connectivity index (χ2v) is 17.2. The second kappa shape index (κ2) is 13.9. The third kappa shape index (κ3) is 4.97. The van der Waals surface area contributed by atoms with Crippen molar-refractivity contribution < 1.29 is 0 Å². The first-order chi connectivity index (χ1) is 31.6. The summed E-state index contributed by atoms with van der Waals surface area (Å²) in [7, 11) is 0. The maximum atomic E-state index is 4.24. The molecule has 2 heterocycles. The third-order valence-electron chi connectivity index (χ3n) is 14.1. The Morgan fingerprint density at radius 3 is 1.67 bits per heavy atom.